The van der Waals surface area contributed by atoms with Crippen LogP contribution in [0.25, 0.3) is 10.8 Å². The third-order valence-electron chi connectivity index (χ3n) is 7.98. The number of hydrogen-bond acceptors (Lipinski definition) is 4. The first-order valence-corrected chi connectivity index (χ1v) is 14.2. The average Bonchev–Trinajstić information content (AvgIpc) is 3.08. The van der Waals surface area contributed by atoms with Crippen molar-refractivity contribution in [1.29, 1.82) is 0 Å². The Balaban J connectivity index is 1.31. The number of methoxy groups -OCH3 is 1. The molecule has 1 fully saturated rings. The Hall–Kier alpha value is -3.57. The van der Waals surface area contributed by atoms with Crippen molar-refractivity contribution in [2.24, 2.45) is 0 Å². The zero-order valence-corrected chi connectivity index (χ0v) is 23.9. The van der Waals surface area contributed by atoms with Gasteiger partial charge in [0.15, 0.2) is 0 Å². The molecule has 0 unspecified atom stereocenters. The van der Waals surface area contributed by atoms with Gasteiger partial charge in [0.05, 0.1) is 19.3 Å². The van der Waals surface area contributed by atoms with Gasteiger partial charge in [0.1, 0.15) is 5.75 Å². The lowest BCUT2D eigenvalue weighted by Crippen LogP contribution is -2.31. The summed E-state index contributed by atoms with van der Waals surface area (Å²) in [6.45, 7) is 12.3. The molecule has 5 nitrogen and oxygen atoms in total. The largest absolute Gasteiger partial charge is 0.497 e. The molecule has 0 saturated carbocycles. The number of anilines is 2. The second-order valence-electron chi connectivity index (χ2n) is 11.1. The third kappa shape index (κ3) is 6.04. The van der Waals surface area contributed by atoms with E-state index in [0.29, 0.717) is 6.54 Å². The van der Waals surface area contributed by atoms with Gasteiger partial charge >= 0.3 is 0 Å². The number of nitrogens with zero attached hydrogens (tertiary/aromatic N) is 3. The quantitative estimate of drug-likeness (QED) is 0.278. The van der Waals surface area contributed by atoms with Crippen molar-refractivity contribution in [2.75, 3.05) is 49.6 Å². The summed E-state index contributed by atoms with van der Waals surface area (Å²) in [7, 11) is 1.67. The Morgan fingerprint density at radius 2 is 1.69 bits per heavy atom. The molecule has 2 heterocycles. The predicted octanol–water partition coefficient (Wildman–Crippen LogP) is 7.21. The fourth-order valence-corrected chi connectivity index (χ4v) is 5.75. The second-order valence-corrected chi connectivity index (χ2v) is 11.1. The molecule has 1 amide bonds. The number of ether oxygens (including phenoxy) is 1. The van der Waals surface area contributed by atoms with Crippen LogP contribution >= 0.6 is 0 Å². The maximum absolute atomic E-state index is 13.5. The minimum Gasteiger partial charge on any atom is -0.497 e. The predicted molar refractivity (Wildman–Crippen MR) is 163 cm³/mol. The number of amides is 1. The lowest BCUT2D eigenvalue weighted by atomic mass is 10.0. The summed E-state index contributed by atoms with van der Waals surface area (Å²) in [5, 5.41) is 2.27. The van der Waals surface area contributed by atoms with E-state index in [1.54, 1.807) is 7.11 Å². The summed E-state index contributed by atoms with van der Waals surface area (Å²) in [5.74, 6) is 0.903. The highest BCUT2D eigenvalue weighted by Gasteiger charge is 2.31. The van der Waals surface area contributed by atoms with Gasteiger partial charge in [-0.2, -0.15) is 0 Å². The number of benzene rings is 3. The summed E-state index contributed by atoms with van der Waals surface area (Å²) < 4.78 is 5.30. The Bertz CT molecular complexity index is 1390. The van der Waals surface area contributed by atoms with Crippen molar-refractivity contribution in [3.05, 3.63) is 89.0 Å². The molecule has 1 saturated heterocycles. The van der Waals surface area contributed by atoms with Crippen molar-refractivity contribution in [2.45, 2.75) is 46.6 Å². The van der Waals surface area contributed by atoms with Crippen molar-refractivity contribution < 1.29 is 9.53 Å². The zero-order valence-electron chi connectivity index (χ0n) is 23.9. The number of allylic oxidation sites excluding steroid dienone is 3. The first-order valence-electron chi connectivity index (χ1n) is 14.2. The van der Waals surface area contributed by atoms with Crippen LogP contribution in [-0.4, -0.2) is 50.6 Å². The van der Waals surface area contributed by atoms with Gasteiger partial charge in [-0.25, -0.2) is 0 Å². The van der Waals surface area contributed by atoms with Gasteiger partial charge in [-0.15, -0.1) is 0 Å². The molecule has 204 valence electrons. The molecule has 5 heteroatoms. The van der Waals surface area contributed by atoms with E-state index in [1.165, 1.54) is 22.2 Å². The Morgan fingerprint density at radius 1 is 0.897 bits per heavy atom. The molecule has 0 aliphatic carbocycles. The highest BCUT2D eigenvalue weighted by atomic mass is 16.5. The van der Waals surface area contributed by atoms with Gasteiger partial charge in [0.25, 0.3) is 5.91 Å². The molecule has 0 atom stereocenters. The second kappa shape index (κ2) is 12.1. The molecular formula is C34H41N3O2. The summed E-state index contributed by atoms with van der Waals surface area (Å²) in [6, 6.07) is 18.5. The van der Waals surface area contributed by atoms with E-state index in [1.807, 2.05) is 41.3 Å². The molecule has 3 aromatic carbocycles. The van der Waals surface area contributed by atoms with Crippen molar-refractivity contribution >= 4 is 28.1 Å². The van der Waals surface area contributed by atoms with Gasteiger partial charge in [-0.3, -0.25) is 9.69 Å². The average molecular weight is 524 g/mol. The highest BCUT2D eigenvalue weighted by Crippen LogP contribution is 2.42. The van der Waals surface area contributed by atoms with E-state index >= 15 is 0 Å². The third-order valence-corrected chi connectivity index (χ3v) is 7.98. The van der Waals surface area contributed by atoms with Crippen molar-refractivity contribution in [3.63, 3.8) is 0 Å². The topological polar surface area (TPSA) is 36.0 Å². The first-order chi connectivity index (χ1) is 18.9. The maximum atomic E-state index is 13.5. The monoisotopic (exact) mass is 523 g/mol. The van der Waals surface area contributed by atoms with Crippen LogP contribution in [0, 0.1) is 0 Å². The number of carbonyl (C=O) groups excluding carboxylic acids is 1. The normalized spacial score (nSPS) is 16.1. The van der Waals surface area contributed by atoms with E-state index < -0.39 is 0 Å². The fraction of sp³-hybridized carbons (Fsp3) is 0.382. The van der Waals surface area contributed by atoms with E-state index in [0.717, 1.165) is 79.9 Å². The SMILES string of the molecule is COc1ccc(CN2C(=O)c3cccc4c(N5CCCN(CC=C(C)CCC=C(C)C)CC5)ccc2c34)cc1. The Labute approximate surface area is 233 Å². The molecule has 0 bridgehead atoms. The molecule has 5 rings (SSSR count). The molecule has 0 radical (unpaired) electrons. The van der Waals surface area contributed by atoms with Crippen molar-refractivity contribution in [1.82, 2.24) is 4.90 Å². The number of hydrogen-bond donors (Lipinski definition) is 0. The standard InChI is InChI=1S/C34H41N3O2/c1-25(2)8-5-9-26(3)18-21-35-19-7-20-36(23-22-35)31-16-17-32-33-29(31)10-6-11-30(33)34(38)37(32)24-27-12-14-28(39-4)15-13-27/h6,8,10-18H,5,7,9,19-24H2,1-4H3. The van der Waals surface area contributed by atoms with Crippen LogP contribution in [0.2, 0.25) is 0 Å². The summed E-state index contributed by atoms with van der Waals surface area (Å²) in [6.07, 6.45) is 8.14. The van der Waals surface area contributed by atoms with Gasteiger partial charge in [-0.05, 0) is 75.9 Å². The lowest BCUT2D eigenvalue weighted by Gasteiger charge is -2.26. The fourth-order valence-electron chi connectivity index (χ4n) is 5.75. The van der Waals surface area contributed by atoms with Crippen LogP contribution < -0.4 is 14.5 Å². The zero-order chi connectivity index (χ0) is 27.4. The van der Waals surface area contributed by atoms with Crippen LogP contribution in [0.3, 0.4) is 0 Å². The maximum Gasteiger partial charge on any atom is 0.259 e. The molecule has 39 heavy (non-hydrogen) atoms. The van der Waals surface area contributed by atoms with E-state index in [-0.39, 0.29) is 5.91 Å². The van der Waals surface area contributed by atoms with Gasteiger partial charge in [0, 0.05) is 54.7 Å². The Morgan fingerprint density at radius 3 is 2.46 bits per heavy atom. The van der Waals surface area contributed by atoms with E-state index in [4.69, 9.17) is 4.74 Å². The molecule has 3 aromatic rings. The molecular weight excluding hydrogens is 482 g/mol. The van der Waals surface area contributed by atoms with Crippen LogP contribution in [0.4, 0.5) is 11.4 Å². The van der Waals surface area contributed by atoms with Gasteiger partial charge in [-0.1, -0.05) is 47.6 Å². The van der Waals surface area contributed by atoms with E-state index in [2.05, 4.69) is 60.9 Å². The first kappa shape index (κ1) is 27.0. The van der Waals surface area contributed by atoms with Gasteiger partial charge in [0.2, 0.25) is 0 Å². The van der Waals surface area contributed by atoms with Crippen LogP contribution in [0.15, 0.2) is 77.9 Å². The smallest absolute Gasteiger partial charge is 0.259 e. The highest BCUT2D eigenvalue weighted by molar-refractivity contribution is 6.26. The number of carbonyl (C=O) groups is 1. The minimum atomic E-state index is 0.0809. The minimum absolute atomic E-state index is 0.0809. The number of rotatable bonds is 9. The van der Waals surface area contributed by atoms with Crippen LogP contribution in [0.1, 0.15) is 56.0 Å². The Kier molecular flexibility index (Phi) is 8.37. The molecule has 2 aliphatic rings. The molecule has 0 aromatic heterocycles. The lowest BCUT2D eigenvalue weighted by molar-refractivity contribution is 0.0991. The van der Waals surface area contributed by atoms with Crippen LogP contribution in [0.5, 0.6) is 5.75 Å². The summed E-state index contributed by atoms with van der Waals surface area (Å²) >= 11 is 0. The van der Waals surface area contributed by atoms with Crippen molar-refractivity contribution in [3.8, 4) is 5.75 Å². The van der Waals surface area contributed by atoms with Gasteiger partial charge < -0.3 is 14.5 Å². The summed E-state index contributed by atoms with van der Waals surface area (Å²) in [5.41, 5.74) is 7.02. The summed E-state index contributed by atoms with van der Waals surface area (Å²) in [4.78, 5) is 20.5. The molecule has 2 aliphatic heterocycles. The van der Waals surface area contributed by atoms with E-state index in [9.17, 15) is 4.79 Å². The molecule has 0 N–H and O–H groups in total. The molecule has 0 spiro atoms. The van der Waals surface area contributed by atoms with Crippen LogP contribution in [-0.2, 0) is 6.54 Å².